The van der Waals surface area contributed by atoms with Gasteiger partial charge in [0.25, 0.3) is 0 Å². The van der Waals surface area contributed by atoms with E-state index in [0.29, 0.717) is 38.8 Å². The molecule has 0 unspecified atom stereocenters. The molecule has 0 radical (unpaired) electrons. The van der Waals surface area contributed by atoms with E-state index < -0.39 is 0 Å². The van der Waals surface area contributed by atoms with Crippen LogP contribution in [0.5, 0.6) is 0 Å². The van der Waals surface area contributed by atoms with E-state index in [2.05, 4.69) is 17.6 Å². The number of nitrogens with two attached hydrogens (primary N) is 1. The minimum atomic E-state index is 0.0156. The highest BCUT2D eigenvalue weighted by Gasteiger charge is 2.02. The molecule has 0 bridgehead atoms. The summed E-state index contributed by atoms with van der Waals surface area (Å²) in [5, 5.41) is 5.60. The molecule has 2 amide bonds. The highest BCUT2D eigenvalue weighted by atomic mass is 16.2. The second-order valence-electron chi connectivity index (χ2n) is 4.05. The van der Waals surface area contributed by atoms with Gasteiger partial charge in [0.2, 0.25) is 11.8 Å². The fourth-order valence-electron chi connectivity index (χ4n) is 1.32. The van der Waals surface area contributed by atoms with E-state index in [9.17, 15) is 9.59 Å². The number of nitrogens with one attached hydrogen (secondary N) is 2. The standard InChI is InChI=1S/C12H25N3O2/c1-2-3-9-14-12(17)7-5-10-15-11(16)6-4-8-13/h2-10,13H2,1H3,(H,14,17)(H,15,16). The van der Waals surface area contributed by atoms with Gasteiger partial charge in [-0.05, 0) is 25.8 Å². The first-order valence-electron chi connectivity index (χ1n) is 6.44. The Morgan fingerprint density at radius 3 is 2.00 bits per heavy atom. The first-order valence-corrected chi connectivity index (χ1v) is 6.44. The number of unbranched alkanes of at least 4 members (excludes halogenated alkanes) is 1. The van der Waals surface area contributed by atoms with E-state index in [-0.39, 0.29) is 11.8 Å². The third-order valence-electron chi connectivity index (χ3n) is 2.36. The van der Waals surface area contributed by atoms with Crippen molar-refractivity contribution in [2.45, 2.75) is 45.4 Å². The Balaban J connectivity index is 3.32. The highest BCUT2D eigenvalue weighted by molar-refractivity contribution is 5.77. The number of hydrogen-bond acceptors (Lipinski definition) is 3. The molecule has 4 N–H and O–H groups in total. The molecular formula is C12H25N3O2. The number of hydrogen-bond donors (Lipinski definition) is 3. The predicted octanol–water partition coefficient (Wildman–Crippen LogP) is 0.538. The fourth-order valence-corrected chi connectivity index (χ4v) is 1.32. The van der Waals surface area contributed by atoms with E-state index >= 15 is 0 Å². The van der Waals surface area contributed by atoms with Gasteiger partial charge in [-0.15, -0.1) is 0 Å². The summed E-state index contributed by atoms with van der Waals surface area (Å²) in [6, 6.07) is 0. The molecule has 0 aliphatic heterocycles. The summed E-state index contributed by atoms with van der Waals surface area (Å²) < 4.78 is 0. The number of rotatable bonds is 10. The largest absolute Gasteiger partial charge is 0.356 e. The molecule has 0 rings (SSSR count). The number of carbonyl (C=O) groups is 2. The maximum Gasteiger partial charge on any atom is 0.220 e. The van der Waals surface area contributed by atoms with Gasteiger partial charge in [0.1, 0.15) is 0 Å². The van der Waals surface area contributed by atoms with Gasteiger partial charge in [0, 0.05) is 25.9 Å². The van der Waals surface area contributed by atoms with E-state index in [4.69, 9.17) is 5.73 Å². The van der Waals surface area contributed by atoms with Crippen LogP contribution in [-0.2, 0) is 9.59 Å². The SMILES string of the molecule is CCCCNC(=O)CCCNC(=O)CCCN. The molecule has 0 atom stereocenters. The second kappa shape index (κ2) is 11.4. The third-order valence-corrected chi connectivity index (χ3v) is 2.36. The molecule has 0 aliphatic rings. The van der Waals surface area contributed by atoms with Crippen molar-refractivity contribution in [3.63, 3.8) is 0 Å². The smallest absolute Gasteiger partial charge is 0.220 e. The zero-order valence-corrected chi connectivity index (χ0v) is 10.8. The summed E-state index contributed by atoms with van der Waals surface area (Å²) in [6.45, 7) is 3.93. The molecule has 5 heteroatoms. The van der Waals surface area contributed by atoms with Crippen molar-refractivity contribution in [1.82, 2.24) is 10.6 Å². The van der Waals surface area contributed by atoms with Crippen molar-refractivity contribution in [2.24, 2.45) is 5.73 Å². The molecule has 100 valence electrons. The van der Waals surface area contributed by atoms with Crippen LogP contribution in [0.1, 0.15) is 45.4 Å². The average Bonchev–Trinajstić information content (AvgIpc) is 2.32. The normalized spacial score (nSPS) is 10.0. The lowest BCUT2D eigenvalue weighted by molar-refractivity contribution is -0.123. The monoisotopic (exact) mass is 243 g/mol. The van der Waals surface area contributed by atoms with Crippen molar-refractivity contribution in [2.75, 3.05) is 19.6 Å². The summed E-state index contributed by atoms with van der Waals surface area (Å²) in [5.74, 6) is 0.0801. The fraction of sp³-hybridized carbons (Fsp3) is 0.833. The lowest BCUT2D eigenvalue weighted by atomic mass is 10.2. The highest BCUT2D eigenvalue weighted by Crippen LogP contribution is 1.90. The minimum Gasteiger partial charge on any atom is -0.356 e. The molecule has 0 saturated heterocycles. The van der Waals surface area contributed by atoms with Gasteiger partial charge >= 0.3 is 0 Å². The Morgan fingerprint density at radius 1 is 0.941 bits per heavy atom. The molecule has 0 heterocycles. The van der Waals surface area contributed by atoms with Crippen molar-refractivity contribution < 1.29 is 9.59 Å². The Morgan fingerprint density at radius 2 is 1.47 bits per heavy atom. The summed E-state index contributed by atoms with van der Waals surface area (Å²) in [5.41, 5.74) is 5.30. The number of amides is 2. The van der Waals surface area contributed by atoms with Crippen molar-refractivity contribution in [3.05, 3.63) is 0 Å². The first-order chi connectivity index (χ1) is 8.20. The molecule has 17 heavy (non-hydrogen) atoms. The van der Waals surface area contributed by atoms with Gasteiger partial charge in [-0.2, -0.15) is 0 Å². The van der Waals surface area contributed by atoms with Gasteiger partial charge in [0.15, 0.2) is 0 Å². The van der Waals surface area contributed by atoms with Gasteiger partial charge < -0.3 is 16.4 Å². The first kappa shape index (κ1) is 15.9. The minimum absolute atomic E-state index is 0.0156. The Kier molecular flexibility index (Phi) is 10.7. The van der Waals surface area contributed by atoms with Crippen molar-refractivity contribution in [1.29, 1.82) is 0 Å². The maximum absolute atomic E-state index is 11.3. The van der Waals surface area contributed by atoms with Crippen LogP contribution in [0.25, 0.3) is 0 Å². The summed E-state index contributed by atoms with van der Waals surface area (Å²) in [4.78, 5) is 22.5. The zero-order valence-electron chi connectivity index (χ0n) is 10.8. The Bertz CT molecular complexity index is 220. The van der Waals surface area contributed by atoms with Gasteiger partial charge in [0.05, 0.1) is 0 Å². The van der Waals surface area contributed by atoms with Crippen LogP contribution in [0.15, 0.2) is 0 Å². The molecular weight excluding hydrogens is 218 g/mol. The molecule has 0 aromatic carbocycles. The van der Waals surface area contributed by atoms with Gasteiger partial charge in [-0.3, -0.25) is 9.59 Å². The van der Waals surface area contributed by atoms with Gasteiger partial charge in [-0.1, -0.05) is 13.3 Å². The van der Waals surface area contributed by atoms with E-state index in [1.807, 2.05) is 0 Å². The van der Waals surface area contributed by atoms with Crippen LogP contribution < -0.4 is 16.4 Å². The third kappa shape index (κ3) is 11.2. The molecule has 0 aromatic heterocycles. The van der Waals surface area contributed by atoms with Crippen LogP contribution in [-0.4, -0.2) is 31.4 Å². The quantitative estimate of drug-likeness (QED) is 0.490. The maximum atomic E-state index is 11.3. The second-order valence-corrected chi connectivity index (χ2v) is 4.05. The van der Waals surface area contributed by atoms with Crippen LogP contribution in [0, 0.1) is 0 Å². The average molecular weight is 243 g/mol. The molecule has 0 spiro atoms. The lowest BCUT2D eigenvalue weighted by Gasteiger charge is -2.05. The van der Waals surface area contributed by atoms with Crippen molar-refractivity contribution in [3.8, 4) is 0 Å². The van der Waals surface area contributed by atoms with Crippen LogP contribution >= 0.6 is 0 Å². The number of carbonyl (C=O) groups excluding carboxylic acids is 2. The Labute approximate surface area is 104 Å². The van der Waals surface area contributed by atoms with Gasteiger partial charge in [-0.25, -0.2) is 0 Å². The zero-order chi connectivity index (χ0) is 12.9. The Hall–Kier alpha value is -1.10. The van der Waals surface area contributed by atoms with Crippen molar-refractivity contribution >= 4 is 11.8 Å². The molecule has 0 aliphatic carbocycles. The predicted molar refractivity (Wildman–Crippen MR) is 68.4 cm³/mol. The summed E-state index contributed by atoms with van der Waals surface area (Å²) >= 11 is 0. The summed E-state index contributed by atoms with van der Waals surface area (Å²) in [7, 11) is 0. The molecule has 0 aromatic rings. The van der Waals surface area contributed by atoms with E-state index in [0.717, 1.165) is 19.4 Å². The topological polar surface area (TPSA) is 84.2 Å². The van der Waals surface area contributed by atoms with Crippen LogP contribution in [0.4, 0.5) is 0 Å². The van der Waals surface area contributed by atoms with E-state index in [1.165, 1.54) is 0 Å². The molecule has 5 nitrogen and oxygen atoms in total. The lowest BCUT2D eigenvalue weighted by Crippen LogP contribution is -2.28. The molecule has 0 saturated carbocycles. The summed E-state index contributed by atoms with van der Waals surface area (Å²) in [6.07, 6.45) is 4.44. The molecule has 0 fully saturated rings. The van der Waals surface area contributed by atoms with Crippen LogP contribution in [0.2, 0.25) is 0 Å². The van der Waals surface area contributed by atoms with Crippen LogP contribution in [0.3, 0.4) is 0 Å². The van der Waals surface area contributed by atoms with E-state index in [1.54, 1.807) is 0 Å².